The minimum absolute atomic E-state index is 0.110. The Hall–Kier alpha value is -0.860. The normalized spacial score (nSPS) is 23.4. The van der Waals surface area contributed by atoms with Crippen LogP contribution in [0.25, 0.3) is 0 Å². The fourth-order valence-corrected chi connectivity index (χ4v) is 4.00. The zero-order valence-corrected chi connectivity index (χ0v) is 12.5. The quantitative estimate of drug-likeness (QED) is 0.565. The van der Waals surface area contributed by atoms with Crippen molar-refractivity contribution in [3.63, 3.8) is 0 Å². The van der Waals surface area contributed by atoms with Crippen LogP contribution in [-0.4, -0.2) is 18.4 Å². The molecule has 0 N–H and O–H groups in total. The highest BCUT2D eigenvalue weighted by Crippen LogP contribution is 2.63. The number of hydrogen-bond donors (Lipinski definition) is 0. The van der Waals surface area contributed by atoms with Gasteiger partial charge in [0.2, 0.25) is 0 Å². The smallest absolute Gasteiger partial charge is 0.319 e. The van der Waals surface area contributed by atoms with Gasteiger partial charge in [-0.2, -0.15) is 0 Å². The van der Waals surface area contributed by atoms with E-state index < -0.39 is 5.41 Å². The van der Waals surface area contributed by atoms with Crippen LogP contribution in [-0.2, 0) is 14.3 Å². The van der Waals surface area contributed by atoms with Crippen molar-refractivity contribution >= 4 is 11.8 Å². The summed E-state index contributed by atoms with van der Waals surface area (Å²) in [4.78, 5) is 24.8. The molecule has 0 aromatic rings. The minimum atomic E-state index is -0.801. The second-order valence-corrected chi connectivity index (χ2v) is 6.88. The predicted molar refractivity (Wildman–Crippen MR) is 73.7 cm³/mol. The highest BCUT2D eigenvalue weighted by atomic mass is 16.5. The minimum Gasteiger partial charge on any atom is -0.465 e. The molecule has 3 heteroatoms. The fraction of sp³-hybridized carbons (Fsp3) is 0.875. The van der Waals surface area contributed by atoms with Gasteiger partial charge in [-0.1, -0.05) is 26.7 Å². The van der Waals surface area contributed by atoms with Gasteiger partial charge in [-0.05, 0) is 43.9 Å². The molecule has 108 valence electrons. The third-order valence-electron chi connectivity index (χ3n) is 4.81. The Morgan fingerprint density at radius 2 is 1.74 bits per heavy atom. The Morgan fingerprint density at radius 3 is 2.21 bits per heavy atom. The predicted octanol–water partition coefficient (Wildman–Crippen LogP) is 3.51. The van der Waals surface area contributed by atoms with E-state index in [4.69, 9.17) is 4.74 Å². The molecule has 1 spiro atoms. The molecule has 0 unspecified atom stereocenters. The molecule has 0 heterocycles. The molecule has 2 aliphatic carbocycles. The Kier molecular flexibility index (Phi) is 4.03. The van der Waals surface area contributed by atoms with Crippen molar-refractivity contribution < 1.29 is 14.3 Å². The number of esters is 1. The van der Waals surface area contributed by atoms with Crippen molar-refractivity contribution in [2.24, 2.45) is 16.7 Å². The number of carbonyl (C=O) groups is 2. The van der Waals surface area contributed by atoms with Crippen LogP contribution in [0.3, 0.4) is 0 Å². The lowest BCUT2D eigenvalue weighted by atomic mass is 9.50. The third-order valence-corrected chi connectivity index (χ3v) is 4.81. The van der Waals surface area contributed by atoms with Gasteiger partial charge in [0.05, 0.1) is 6.61 Å². The molecular weight excluding hydrogens is 240 g/mol. The van der Waals surface area contributed by atoms with E-state index in [1.165, 1.54) is 25.7 Å². The lowest BCUT2D eigenvalue weighted by Gasteiger charge is -2.52. The van der Waals surface area contributed by atoms with Gasteiger partial charge in [-0.25, -0.2) is 0 Å². The summed E-state index contributed by atoms with van der Waals surface area (Å²) in [5, 5.41) is 0. The Labute approximate surface area is 116 Å². The van der Waals surface area contributed by atoms with E-state index in [2.05, 4.69) is 0 Å². The van der Waals surface area contributed by atoms with Crippen LogP contribution in [0.4, 0.5) is 0 Å². The average molecular weight is 266 g/mol. The van der Waals surface area contributed by atoms with Crippen molar-refractivity contribution in [2.75, 3.05) is 6.61 Å². The summed E-state index contributed by atoms with van der Waals surface area (Å²) in [6, 6.07) is 0. The highest BCUT2D eigenvalue weighted by Gasteiger charge is 2.63. The SMILES string of the molecule is CCOC(=O)C1(C(=O)CC(C)C)CC2(CCCC2)C1. The Balaban J connectivity index is 2.12. The first-order valence-corrected chi connectivity index (χ1v) is 7.65. The molecule has 3 nitrogen and oxygen atoms in total. The van der Waals surface area contributed by atoms with Gasteiger partial charge in [0.25, 0.3) is 0 Å². The van der Waals surface area contributed by atoms with E-state index in [-0.39, 0.29) is 17.2 Å². The van der Waals surface area contributed by atoms with Crippen molar-refractivity contribution in [1.82, 2.24) is 0 Å². The number of Topliss-reactive ketones (excluding diaryl/α,β-unsaturated/α-hetero) is 1. The summed E-state index contributed by atoms with van der Waals surface area (Å²) < 4.78 is 5.19. The topological polar surface area (TPSA) is 43.4 Å². The molecule has 0 saturated heterocycles. The Morgan fingerprint density at radius 1 is 1.16 bits per heavy atom. The number of carbonyl (C=O) groups excluding carboxylic acids is 2. The van der Waals surface area contributed by atoms with Gasteiger partial charge in [0.1, 0.15) is 11.2 Å². The summed E-state index contributed by atoms with van der Waals surface area (Å²) >= 11 is 0. The fourth-order valence-electron chi connectivity index (χ4n) is 4.00. The van der Waals surface area contributed by atoms with E-state index in [0.717, 1.165) is 12.8 Å². The van der Waals surface area contributed by atoms with E-state index >= 15 is 0 Å². The van der Waals surface area contributed by atoms with Crippen LogP contribution in [0, 0.1) is 16.7 Å². The molecule has 0 atom stereocenters. The summed E-state index contributed by atoms with van der Waals surface area (Å²) in [5.74, 6) is 0.149. The van der Waals surface area contributed by atoms with Gasteiger partial charge in [-0.15, -0.1) is 0 Å². The largest absolute Gasteiger partial charge is 0.465 e. The lowest BCUT2D eigenvalue weighted by molar-refractivity contribution is -0.177. The van der Waals surface area contributed by atoms with Crippen LogP contribution in [0.5, 0.6) is 0 Å². The van der Waals surface area contributed by atoms with Crippen LogP contribution in [0.1, 0.15) is 65.7 Å². The van der Waals surface area contributed by atoms with Gasteiger partial charge in [0.15, 0.2) is 0 Å². The van der Waals surface area contributed by atoms with E-state index in [9.17, 15) is 9.59 Å². The van der Waals surface area contributed by atoms with Crippen LogP contribution < -0.4 is 0 Å². The average Bonchev–Trinajstić information content (AvgIpc) is 2.74. The second kappa shape index (κ2) is 5.26. The van der Waals surface area contributed by atoms with E-state index in [0.29, 0.717) is 18.9 Å². The maximum absolute atomic E-state index is 12.5. The summed E-state index contributed by atoms with van der Waals surface area (Å²) in [6.07, 6.45) is 6.84. The molecular formula is C16H26O3. The zero-order chi connectivity index (χ0) is 14.1. The molecule has 2 fully saturated rings. The standard InChI is InChI=1S/C16H26O3/c1-4-19-14(18)16(13(17)9-12(2)3)10-15(11-16)7-5-6-8-15/h12H,4-11H2,1-3H3. The second-order valence-electron chi connectivity index (χ2n) is 6.88. The molecule has 0 amide bonds. The number of ether oxygens (including phenoxy) is 1. The molecule has 0 aromatic heterocycles. The molecule has 2 aliphatic rings. The van der Waals surface area contributed by atoms with Gasteiger partial charge in [0, 0.05) is 6.42 Å². The van der Waals surface area contributed by atoms with Crippen molar-refractivity contribution in [3.05, 3.63) is 0 Å². The maximum Gasteiger partial charge on any atom is 0.319 e. The zero-order valence-electron chi connectivity index (χ0n) is 12.5. The highest BCUT2D eigenvalue weighted by molar-refractivity contribution is 6.05. The van der Waals surface area contributed by atoms with Gasteiger partial charge in [-0.3, -0.25) is 9.59 Å². The van der Waals surface area contributed by atoms with Gasteiger partial charge >= 0.3 is 5.97 Å². The van der Waals surface area contributed by atoms with E-state index in [1.807, 2.05) is 20.8 Å². The summed E-state index contributed by atoms with van der Waals surface area (Å²) in [6.45, 7) is 6.23. The van der Waals surface area contributed by atoms with Crippen LogP contribution in [0.2, 0.25) is 0 Å². The summed E-state index contributed by atoms with van der Waals surface area (Å²) in [7, 11) is 0. The monoisotopic (exact) mass is 266 g/mol. The first-order chi connectivity index (χ1) is 8.94. The van der Waals surface area contributed by atoms with Crippen LogP contribution >= 0.6 is 0 Å². The van der Waals surface area contributed by atoms with Crippen LogP contribution in [0.15, 0.2) is 0 Å². The number of hydrogen-bond acceptors (Lipinski definition) is 3. The summed E-state index contributed by atoms with van der Waals surface area (Å²) in [5.41, 5.74) is -0.524. The number of ketones is 1. The maximum atomic E-state index is 12.5. The molecule has 0 aromatic carbocycles. The molecule has 2 rings (SSSR count). The van der Waals surface area contributed by atoms with Crippen molar-refractivity contribution in [3.8, 4) is 0 Å². The molecule has 2 saturated carbocycles. The Bertz CT molecular complexity index is 356. The van der Waals surface area contributed by atoms with E-state index in [1.54, 1.807) is 0 Å². The molecule has 0 radical (unpaired) electrons. The van der Waals surface area contributed by atoms with Crippen molar-refractivity contribution in [2.45, 2.75) is 65.7 Å². The lowest BCUT2D eigenvalue weighted by Crippen LogP contribution is -2.55. The third kappa shape index (κ3) is 2.56. The van der Waals surface area contributed by atoms with Gasteiger partial charge < -0.3 is 4.74 Å². The molecule has 0 aliphatic heterocycles. The number of rotatable bonds is 5. The molecule has 19 heavy (non-hydrogen) atoms. The molecule has 0 bridgehead atoms. The van der Waals surface area contributed by atoms with Crippen molar-refractivity contribution in [1.29, 1.82) is 0 Å². The first kappa shape index (κ1) is 14.5. The first-order valence-electron chi connectivity index (χ1n) is 7.65.